The normalized spacial score (nSPS) is 25.4. The van der Waals surface area contributed by atoms with Crippen molar-refractivity contribution in [2.75, 3.05) is 0 Å². The van der Waals surface area contributed by atoms with Crippen LogP contribution in [0, 0.1) is 5.92 Å². The average Bonchev–Trinajstić information content (AvgIpc) is 2.33. The van der Waals surface area contributed by atoms with Crippen molar-refractivity contribution in [2.45, 2.75) is 52.1 Å². The minimum atomic E-state index is 0.307. The summed E-state index contributed by atoms with van der Waals surface area (Å²) in [4.78, 5) is 8.49. The number of aromatic nitrogens is 2. The Labute approximate surface area is 97.3 Å². The second-order valence-electron chi connectivity index (χ2n) is 4.65. The zero-order valence-electron chi connectivity index (χ0n) is 10.1. The van der Waals surface area contributed by atoms with Gasteiger partial charge in [-0.3, -0.25) is 0 Å². The predicted octanol–water partition coefficient (Wildman–Crippen LogP) is 3.00. The van der Waals surface area contributed by atoms with E-state index in [-0.39, 0.29) is 0 Å². The summed E-state index contributed by atoms with van der Waals surface area (Å²) in [6, 6.07) is 0.538. The van der Waals surface area contributed by atoms with E-state index in [1.54, 1.807) is 0 Å². The first-order valence-electron chi connectivity index (χ1n) is 6.27. The Bertz CT molecular complexity index is 323. The van der Waals surface area contributed by atoms with Crippen molar-refractivity contribution in [1.82, 2.24) is 9.97 Å². The van der Waals surface area contributed by atoms with Crippen LogP contribution in [0.4, 0.5) is 0 Å². The second kappa shape index (κ2) is 5.28. The molecule has 1 aromatic heterocycles. The Hall–Kier alpha value is -1.12. The van der Waals surface area contributed by atoms with Crippen molar-refractivity contribution in [2.24, 2.45) is 5.92 Å². The van der Waals surface area contributed by atoms with Crippen molar-refractivity contribution >= 4 is 0 Å². The van der Waals surface area contributed by atoms with Crippen LogP contribution in [0.3, 0.4) is 0 Å². The molecule has 1 fully saturated rings. The highest BCUT2D eigenvalue weighted by molar-refractivity contribution is 5.07. The molecule has 16 heavy (non-hydrogen) atoms. The Morgan fingerprint density at radius 1 is 1.25 bits per heavy atom. The van der Waals surface area contributed by atoms with E-state index >= 15 is 0 Å². The minimum Gasteiger partial charge on any atom is -0.460 e. The molecule has 3 nitrogen and oxygen atoms in total. The highest BCUT2D eigenvalue weighted by atomic mass is 16.5. The molecule has 0 unspecified atom stereocenters. The molecule has 0 spiro atoms. The molecule has 0 N–H and O–H groups in total. The molecule has 0 aliphatic heterocycles. The molecule has 3 heteroatoms. The molecule has 0 aromatic carbocycles. The van der Waals surface area contributed by atoms with Gasteiger partial charge in [0.2, 0.25) is 0 Å². The number of nitrogens with zero attached hydrogens (tertiary/aromatic N) is 2. The Kier molecular flexibility index (Phi) is 3.75. The molecule has 0 amide bonds. The average molecular weight is 220 g/mol. The van der Waals surface area contributed by atoms with Gasteiger partial charge in [0.05, 0.1) is 0 Å². The molecular weight excluding hydrogens is 200 g/mol. The van der Waals surface area contributed by atoms with Gasteiger partial charge in [0.1, 0.15) is 6.10 Å². The van der Waals surface area contributed by atoms with Crippen molar-refractivity contribution in [3.05, 3.63) is 18.0 Å². The maximum atomic E-state index is 5.84. The van der Waals surface area contributed by atoms with Crippen LogP contribution in [0.5, 0.6) is 6.01 Å². The molecule has 1 heterocycles. The van der Waals surface area contributed by atoms with E-state index in [0.717, 1.165) is 18.4 Å². The fraction of sp³-hybridized carbons (Fsp3) is 0.692. The van der Waals surface area contributed by atoms with E-state index in [1.165, 1.54) is 19.3 Å². The van der Waals surface area contributed by atoms with Crippen molar-refractivity contribution < 1.29 is 4.74 Å². The number of aryl methyl sites for hydroxylation is 1. The van der Waals surface area contributed by atoms with Crippen LogP contribution < -0.4 is 4.74 Å². The van der Waals surface area contributed by atoms with E-state index in [0.29, 0.717) is 18.0 Å². The first-order chi connectivity index (χ1) is 7.79. The minimum absolute atomic E-state index is 0.307. The third kappa shape index (κ3) is 2.71. The molecule has 2 rings (SSSR count). The fourth-order valence-corrected chi connectivity index (χ4v) is 2.18. The molecule has 88 valence electrons. The summed E-state index contributed by atoms with van der Waals surface area (Å²) in [7, 11) is 0. The first kappa shape index (κ1) is 11.4. The Balaban J connectivity index is 1.96. The molecule has 0 saturated heterocycles. The molecule has 1 saturated carbocycles. The molecule has 1 aliphatic rings. The van der Waals surface area contributed by atoms with Crippen molar-refractivity contribution in [1.29, 1.82) is 0 Å². The number of hydrogen-bond acceptors (Lipinski definition) is 3. The van der Waals surface area contributed by atoms with E-state index in [4.69, 9.17) is 4.74 Å². The summed E-state index contributed by atoms with van der Waals surface area (Å²) in [5.41, 5.74) is 1.16. The van der Waals surface area contributed by atoms with Crippen molar-refractivity contribution in [3.63, 3.8) is 0 Å². The van der Waals surface area contributed by atoms with Crippen LogP contribution in [0.25, 0.3) is 0 Å². The van der Waals surface area contributed by atoms with Gasteiger partial charge in [-0.25, -0.2) is 9.97 Å². The lowest BCUT2D eigenvalue weighted by molar-refractivity contribution is 0.0922. The number of hydrogen-bond donors (Lipinski definition) is 0. The van der Waals surface area contributed by atoms with Gasteiger partial charge in [0, 0.05) is 12.4 Å². The maximum absolute atomic E-state index is 5.84. The summed E-state index contributed by atoms with van der Waals surface area (Å²) in [5, 5.41) is 0. The summed E-state index contributed by atoms with van der Waals surface area (Å²) in [6.07, 6.45) is 9.99. The monoisotopic (exact) mass is 220 g/mol. The summed E-state index contributed by atoms with van der Waals surface area (Å²) < 4.78 is 5.84. The fourth-order valence-electron chi connectivity index (χ4n) is 2.18. The lowest BCUT2D eigenvalue weighted by Gasteiger charge is -2.28. The van der Waals surface area contributed by atoms with Crippen LogP contribution >= 0.6 is 0 Å². The molecular formula is C13H20N2O. The quantitative estimate of drug-likeness (QED) is 0.785. The topological polar surface area (TPSA) is 35.0 Å². The smallest absolute Gasteiger partial charge is 0.316 e. The van der Waals surface area contributed by atoms with Gasteiger partial charge in [0.25, 0.3) is 0 Å². The lowest BCUT2D eigenvalue weighted by atomic mass is 9.88. The standard InChI is InChI=1S/C13H20N2O/c1-3-11-8-14-13(15-9-11)16-12-7-5-4-6-10(12)2/h8-10,12H,3-7H2,1-2H3/t10-,12+/m1/s1. The first-order valence-corrected chi connectivity index (χ1v) is 6.27. The van der Waals surface area contributed by atoms with Gasteiger partial charge in [-0.05, 0) is 37.2 Å². The van der Waals surface area contributed by atoms with E-state index < -0.39 is 0 Å². The van der Waals surface area contributed by atoms with Gasteiger partial charge in [-0.1, -0.05) is 20.3 Å². The molecule has 1 aromatic rings. The van der Waals surface area contributed by atoms with Crippen LogP contribution in [-0.2, 0) is 6.42 Å². The molecule has 2 atom stereocenters. The molecule has 1 aliphatic carbocycles. The van der Waals surface area contributed by atoms with Crippen LogP contribution in [-0.4, -0.2) is 16.1 Å². The van der Waals surface area contributed by atoms with Crippen molar-refractivity contribution in [3.8, 4) is 6.01 Å². The summed E-state index contributed by atoms with van der Waals surface area (Å²) in [5.74, 6) is 0.628. The Morgan fingerprint density at radius 2 is 1.94 bits per heavy atom. The van der Waals surface area contributed by atoms with Crippen LogP contribution in [0.2, 0.25) is 0 Å². The number of rotatable bonds is 3. The second-order valence-corrected chi connectivity index (χ2v) is 4.65. The maximum Gasteiger partial charge on any atom is 0.316 e. The van der Waals surface area contributed by atoms with E-state index in [9.17, 15) is 0 Å². The largest absolute Gasteiger partial charge is 0.460 e. The predicted molar refractivity (Wildman–Crippen MR) is 63.5 cm³/mol. The highest BCUT2D eigenvalue weighted by Gasteiger charge is 2.23. The van der Waals surface area contributed by atoms with E-state index in [2.05, 4.69) is 23.8 Å². The van der Waals surface area contributed by atoms with Gasteiger partial charge >= 0.3 is 6.01 Å². The summed E-state index contributed by atoms with van der Waals surface area (Å²) in [6.45, 7) is 4.35. The zero-order valence-corrected chi connectivity index (χ0v) is 10.1. The van der Waals surface area contributed by atoms with Gasteiger partial charge < -0.3 is 4.74 Å². The SMILES string of the molecule is CCc1cnc(O[C@H]2CCCC[C@H]2C)nc1. The lowest BCUT2D eigenvalue weighted by Crippen LogP contribution is -2.28. The van der Waals surface area contributed by atoms with Gasteiger partial charge in [-0.2, -0.15) is 0 Å². The molecule has 0 radical (unpaired) electrons. The van der Waals surface area contributed by atoms with E-state index in [1.807, 2.05) is 12.4 Å². The third-order valence-electron chi connectivity index (χ3n) is 3.38. The summed E-state index contributed by atoms with van der Waals surface area (Å²) >= 11 is 0. The van der Waals surface area contributed by atoms with Gasteiger partial charge in [-0.15, -0.1) is 0 Å². The van der Waals surface area contributed by atoms with Gasteiger partial charge in [0.15, 0.2) is 0 Å². The number of ether oxygens (including phenoxy) is 1. The van der Waals surface area contributed by atoms with Crippen LogP contribution in [0.1, 0.15) is 45.1 Å². The molecule has 0 bridgehead atoms. The zero-order chi connectivity index (χ0) is 11.4. The third-order valence-corrected chi connectivity index (χ3v) is 3.38. The Morgan fingerprint density at radius 3 is 2.56 bits per heavy atom. The van der Waals surface area contributed by atoms with Crippen LogP contribution in [0.15, 0.2) is 12.4 Å². The highest BCUT2D eigenvalue weighted by Crippen LogP contribution is 2.26.